The van der Waals surface area contributed by atoms with E-state index in [0.29, 0.717) is 11.1 Å². The van der Waals surface area contributed by atoms with Crippen LogP contribution >= 0.6 is 11.6 Å². The van der Waals surface area contributed by atoms with Crippen molar-refractivity contribution in [3.05, 3.63) is 21.6 Å². The van der Waals surface area contributed by atoms with E-state index in [-0.39, 0.29) is 10.6 Å². The van der Waals surface area contributed by atoms with E-state index >= 15 is 0 Å². The number of hydrogen-bond acceptors (Lipinski definition) is 3. The zero-order chi connectivity index (χ0) is 10.2. The molecule has 0 radical (unpaired) electrons. The summed E-state index contributed by atoms with van der Waals surface area (Å²) in [6.07, 6.45) is 4.00. The molecule has 2 rings (SSSR count). The van der Waals surface area contributed by atoms with Crippen LogP contribution in [0.1, 0.15) is 19.8 Å². The molecule has 1 saturated carbocycles. The molecule has 5 heteroatoms. The van der Waals surface area contributed by atoms with Crippen LogP contribution in [-0.4, -0.2) is 16.7 Å². The third kappa shape index (κ3) is 1.90. The molecule has 1 aromatic rings. The summed E-state index contributed by atoms with van der Waals surface area (Å²) in [5.41, 5.74) is 0.646. The van der Waals surface area contributed by atoms with Gasteiger partial charge in [-0.15, -0.1) is 0 Å². The van der Waals surface area contributed by atoms with E-state index in [1.54, 1.807) is 0 Å². The van der Waals surface area contributed by atoms with Crippen molar-refractivity contribution in [3.63, 3.8) is 0 Å². The molecule has 1 heterocycles. The lowest BCUT2D eigenvalue weighted by molar-refractivity contribution is 0.610. The van der Waals surface area contributed by atoms with Crippen LogP contribution in [-0.2, 0) is 0 Å². The summed E-state index contributed by atoms with van der Waals surface area (Å²) in [5.74, 6) is 0. The SMILES string of the molecule is CC1(CNc2cn[nH]c(=O)c2Cl)CC1. The van der Waals surface area contributed by atoms with Crippen LogP contribution in [0.2, 0.25) is 5.02 Å². The number of hydrogen-bond donors (Lipinski definition) is 2. The molecule has 1 aliphatic rings. The lowest BCUT2D eigenvalue weighted by atomic mass is 10.1. The molecular formula is C9H12ClN3O. The van der Waals surface area contributed by atoms with Crippen molar-refractivity contribution in [3.8, 4) is 0 Å². The second-order valence-corrected chi connectivity index (χ2v) is 4.47. The van der Waals surface area contributed by atoms with Gasteiger partial charge in [0.25, 0.3) is 5.56 Å². The fourth-order valence-corrected chi connectivity index (χ4v) is 1.36. The molecule has 2 N–H and O–H groups in total. The van der Waals surface area contributed by atoms with E-state index in [1.165, 1.54) is 19.0 Å². The molecule has 14 heavy (non-hydrogen) atoms. The van der Waals surface area contributed by atoms with Crippen LogP contribution in [0.4, 0.5) is 5.69 Å². The van der Waals surface area contributed by atoms with Crippen molar-refractivity contribution in [1.29, 1.82) is 0 Å². The maximum Gasteiger partial charge on any atom is 0.285 e. The molecule has 0 atom stereocenters. The van der Waals surface area contributed by atoms with Crippen LogP contribution in [0.15, 0.2) is 11.0 Å². The number of anilines is 1. The fourth-order valence-electron chi connectivity index (χ4n) is 1.21. The maximum absolute atomic E-state index is 11.1. The van der Waals surface area contributed by atoms with Gasteiger partial charge in [-0.1, -0.05) is 18.5 Å². The Morgan fingerprint density at radius 3 is 3.07 bits per heavy atom. The predicted octanol–water partition coefficient (Wildman–Crippen LogP) is 1.64. The Bertz CT molecular complexity index is 397. The van der Waals surface area contributed by atoms with Crippen LogP contribution < -0.4 is 10.9 Å². The summed E-state index contributed by atoms with van der Waals surface area (Å²) in [5, 5.41) is 9.28. The van der Waals surface area contributed by atoms with Crippen molar-refractivity contribution in [2.24, 2.45) is 5.41 Å². The summed E-state index contributed by atoms with van der Waals surface area (Å²) in [6.45, 7) is 3.05. The van der Waals surface area contributed by atoms with Gasteiger partial charge in [-0.05, 0) is 18.3 Å². The number of H-pyrrole nitrogens is 1. The average molecular weight is 214 g/mol. The largest absolute Gasteiger partial charge is 0.382 e. The first-order valence-electron chi connectivity index (χ1n) is 4.58. The quantitative estimate of drug-likeness (QED) is 0.803. The minimum Gasteiger partial charge on any atom is -0.382 e. The zero-order valence-corrected chi connectivity index (χ0v) is 8.69. The highest BCUT2D eigenvalue weighted by atomic mass is 35.5. The molecule has 1 aromatic heterocycles. The molecule has 1 aliphatic carbocycles. The lowest BCUT2D eigenvalue weighted by Gasteiger charge is -2.11. The van der Waals surface area contributed by atoms with Gasteiger partial charge in [0.15, 0.2) is 0 Å². The fraction of sp³-hybridized carbons (Fsp3) is 0.556. The van der Waals surface area contributed by atoms with Gasteiger partial charge in [0.1, 0.15) is 5.02 Å². The Balaban J connectivity index is 2.09. The van der Waals surface area contributed by atoms with Crippen molar-refractivity contribution < 1.29 is 0 Å². The highest BCUT2D eigenvalue weighted by molar-refractivity contribution is 6.32. The van der Waals surface area contributed by atoms with E-state index in [2.05, 4.69) is 22.4 Å². The number of halogens is 1. The van der Waals surface area contributed by atoms with Crippen molar-refractivity contribution in [2.75, 3.05) is 11.9 Å². The van der Waals surface area contributed by atoms with Gasteiger partial charge in [-0.25, -0.2) is 5.10 Å². The van der Waals surface area contributed by atoms with Crippen LogP contribution in [0.25, 0.3) is 0 Å². The standard InChI is InChI=1S/C9H12ClN3O/c1-9(2-3-9)5-11-6-4-12-13-8(14)7(6)10/h4H,2-3,5H2,1H3,(H2,11,13,14). The lowest BCUT2D eigenvalue weighted by Crippen LogP contribution is -2.16. The number of aromatic amines is 1. The molecular weight excluding hydrogens is 202 g/mol. The van der Waals surface area contributed by atoms with Gasteiger partial charge in [0, 0.05) is 6.54 Å². The van der Waals surface area contributed by atoms with Gasteiger partial charge >= 0.3 is 0 Å². The highest BCUT2D eigenvalue weighted by Crippen LogP contribution is 2.44. The van der Waals surface area contributed by atoms with Crippen LogP contribution in [0, 0.1) is 5.41 Å². The monoisotopic (exact) mass is 213 g/mol. The van der Waals surface area contributed by atoms with Crippen LogP contribution in [0.5, 0.6) is 0 Å². The molecule has 0 amide bonds. The molecule has 0 aliphatic heterocycles. The maximum atomic E-state index is 11.1. The van der Waals surface area contributed by atoms with Gasteiger partial charge in [-0.2, -0.15) is 5.10 Å². The normalized spacial score (nSPS) is 17.9. The molecule has 0 saturated heterocycles. The summed E-state index contributed by atoms with van der Waals surface area (Å²) < 4.78 is 0. The number of rotatable bonds is 3. The van der Waals surface area contributed by atoms with Gasteiger partial charge in [0.2, 0.25) is 0 Å². The minimum atomic E-state index is -0.349. The van der Waals surface area contributed by atoms with E-state index < -0.39 is 0 Å². The first kappa shape index (κ1) is 9.52. The summed E-state index contributed by atoms with van der Waals surface area (Å²) in [6, 6.07) is 0. The molecule has 1 fully saturated rings. The third-order valence-corrected chi connectivity index (χ3v) is 2.98. The molecule has 0 bridgehead atoms. The van der Waals surface area contributed by atoms with Crippen LogP contribution in [0.3, 0.4) is 0 Å². The molecule has 0 unspecified atom stereocenters. The molecule has 0 spiro atoms. The van der Waals surface area contributed by atoms with E-state index in [1.807, 2.05) is 0 Å². The Kier molecular flexibility index (Phi) is 2.23. The summed E-state index contributed by atoms with van der Waals surface area (Å²) >= 11 is 5.80. The van der Waals surface area contributed by atoms with Crippen molar-refractivity contribution >= 4 is 17.3 Å². The van der Waals surface area contributed by atoms with Crippen molar-refractivity contribution in [1.82, 2.24) is 10.2 Å². The first-order valence-corrected chi connectivity index (χ1v) is 4.96. The Morgan fingerprint density at radius 2 is 2.43 bits per heavy atom. The number of nitrogens with one attached hydrogen (secondary N) is 2. The number of nitrogens with zero attached hydrogens (tertiary/aromatic N) is 1. The highest BCUT2D eigenvalue weighted by Gasteiger charge is 2.36. The second-order valence-electron chi connectivity index (χ2n) is 4.09. The van der Waals surface area contributed by atoms with Crippen molar-refractivity contribution in [2.45, 2.75) is 19.8 Å². The molecule has 76 valence electrons. The van der Waals surface area contributed by atoms with E-state index in [0.717, 1.165) is 6.54 Å². The van der Waals surface area contributed by atoms with E-state index in [4.69, 9.17) is 11.6 Å². The minimum absolute atomic E-state index is 0.184. The third-order valence-electron chi connectivity index (χ3n) is 2.60. The molecule has 0 aromatic carbocycles. The Labute approximate surface area is 86.7 Å². The Morgan fingerprint density at radius 1 is 1.71 bits per heavy atom. The number of aromatic nitrogens is 2. The Hall–Kier alpha value is -1.03. The van der Waals surface area contributed by atoms with Gasteiger partial charge in [0.05, 0.1) is 11.9 Å². The van der Waals surface area contributed by atoms with Gasteiger partial charge < -0.3 is 5.32 Å². The summed E-state index contributed by atoms with van der Waals surface area (Å²) in [7, 11) is 0. The summed E-state index contributed by atoms with van der Waals surface area (Å²) in [4.78, 5) is 11.1. The zero-order valence-electron chi connectivity index (χ0n) is 7.93. The first-order chi connectivity index (χ1) is 6.61. The molecule has 4 nitrogen and oxygen atoms in total. The topological polar surface area (TPSA) is 57.8 Å². The predicted molar refractivity (Wildman–Crippen MR) is 55.7 cm³/mol. The van der Waals surface area contributed by atoms with E-state index in [9.17, 15) is 4.79 Å². The average Bonchev–Trinajstić information content (AvgIpc) is 2.88. The second kappa shape index (κ2) is 3.28. The van der Waals surface area contributed by atoms with Gasteiger partial charge in [-0.3, -0.25) is 4.79 Å². The smallest absolute Gasteiger partial charge is 0.285 e.